The number of nitrogens with one attached hydrogen (secondary N) is 1. The van der Waals surface area contributed by atoms with Crippen molar-refractivity contribution in [1.29, 1.82) is 0 Å². The summed E-state index contributed by atoms with van der Waals surface area (Å²) in [4.78, 5) is 14.5. The standard InChI is InChI=1S/C27H38N2O2/c1-19-7-6-12-27(2)16-25-22(15-24(19)27)23(26(30)31-25)17-28-21-10-13-29(14-11-21)18-20-8-4-3-5-9-20/h3-5,8-9,21-25,28H,1,6-7,10-18H2,2H3/p+2/t22-,23-,24-,25-,27-/m1/s1. The molecule has 1 aromatic carbocycles. The Hall–Kier alpha value is -1.65. The molecule has 2 saturated carbocycles. The Labute approximate surface area is 187 Å². The number of quaternary nitrogens is 2. The summed E-state index contributed by atoms with van der Waals surface area (Å²) < 4.78 is 5.96. The third-order valence-corrected chi connectivity index (χ3v) is 9.08. The number of likely N-dealkylation sites (tertiary alicyclic amines) is 1. The number of piperidine rings is 1. The highest BCUT2D eigenvalue weighted by molar-refractivity contribution is 5.75. The van der Waals surface area contributed by atoms with Crippen molar-refractivity contribution in [2.45, 2.75) is 70.6 Å². The minimum Gasteiger partial charge on any atom is -0.462 e. The van der Waals surface area contributed by atoms with Crippen LogP contribution in [0.3, 0.4) is 0 Å². The highest BCUT2D eigenvalue weighted by Gasteiger charge is 2.55. The number of hydrogen-bond acceptors (Lipinski definition) is 2. The van der Waals surface area contributed by atoms with Crippen LogP contribution in [-0.2, 0) is 16.1 Å². The molecule has 3 N–H and O–H groups in total. The number of ether oxygens (including phenoxy) is 1. The summed E-state index contributed by atoms with van der Waals surface area (Å²) in [7, 11) is 0. The third kappa shape index (κ3) is 4.34. The first-order valence-corrected chi connectivity index (χ1v) is 12.6. The van der Waals surface area contributed by atoms with Crippen molar-refractivity contribution >= 4 is 5.97 Å². The van der Waals surface area contributed by atoms with Crippen LogP contribution in [0.4, 0.5) is 0 Å². The molecule has 0 aromatic heterocycles. The Balaban J connectivity index is 1.13. The average molecular weight is 425 g/mol. The van der Waals surface area contributed by atoms with Gasteiger partial charge in [0.25, 0.3) is 0 Å². The summed E-state index contributed by atoms with van der Waals surface area (Å²) >= 11 is 0. The highest BCUT2D eigenvalue weighted by atomic mass is 16.6. The van der Waals surface area contributed by atoms with E-state index in [9.17, 15) is 4.79 Å². The maximum Gasteiger partial charge on any atom is 0.315 e. The van der Waals surface area contributed by atoms with E-state index < -0.39 is 0 Å². The van der Waals surface area contributed by atoms with Crippen LogP contribution in [0.5, 0.6) is 0 Å². The fraction of sp³-hybridized carbons (Fsp3) is 0.667. The highest BCUT2D eigenvalue weighted by Crippen LogP contribution is 2.56. The van der Waals surface area contributed by atoms with Crippen LogP contribution in [0, 0.1) is 23.2 Å². The van der Waals surface area contributed by atoms with Crippen molar-refractivity contribution in [3.63, 3.8) is 0 Å². The molecule has 4 heteroatoms. The number of nitrogens with two attached hydrogens (primary N) is 1. The molecule has 2 heterocycles. The summed E-state index contributed by atoms with van der Waals surface area (Å²) in [6, 6.07) is 11.5. The summed E-state index contributed by atoms with van der Waals surface area (Å²) in [5.41, 5.74) is 3.17. The maximum atomic E-state index is 12.8. The van der Waals surface area contributed by atoms with Crippen LogP contribution in [-0.4, -0.2) is 37.7 Å². The number of hydrogen-bond donors (Lipinski definition) is 2. The molecule has 1 aromatic rings. The summed E-state index contributed by atoms with van der Waals surface area (Å²) in [5.74, 6) is 1.15. The molecule has 0 unspecified atom stereocenters. The molecule has 4 fully saturated rings. The topological polar surface area (TPSA) is 47.3 Å². The second kappa shape index (κ2) is 8.71. The molecule has 5 rings (SSSR count). The lowest BCUT2D eigenvalue weighted by atomic mass is 9.55. The van der Waals surface area contributed by atoms with Crippen LogP contribution in [0.1, 0.15) is 57.4 Å². The van der Waals surface area contributed by atoms with Gasteiger partial charge in [-0.3, -0.25) is 4.79 Å². The van der Waals surface area contributed by atoms with Crippen LogP contribution in [0.2, 0.25) is 0 Å². The number of fused-ring (bicyclic) bond motifs is 2. The Morgan fingerprint density at radius 3 is 2.77 bits per heavy atom. The second-order valence-corrected chi connectivity index (χ2v) is 11.1. The van der Waals surface area contributed by atoms with E-state index >= 15 is 0 Å². The van der Waals surface area contributed by atoms with Gasteiger partial charge in [0.2, 0.25) is 0 Å². The zero-order valence-electron chi connectivity index (χ0n) is 19.2. The van der Waals surface area contributed by atoms with E-state index in [1.165, 1.54) is 56.3 Å². The number of allylic oxidation sites excluding steroid dienone is 1. The van der Waals surface area contributed by atoms with Crippen LogP contribution < -0.4 is 10.2 Å². The van der Waals surface area contributed by atoms with E-state index in [1.54, 1.807) is 4.90 Å². The first kappa shape index (κ1) is 21.2. The molecule has 2 aliphatic carbocycles. The molecular weight excluding hydrogens is 384 g/mol. The van der Waals surface area contributed by atoms with Crippen molar-refractivity contribution in [1.82, 2.24) is 0 Å². The molecule has 4 aliphatic rings. The Morgan fingerprint density at radius 2 is 2.00 bits per heavy atom. The zero-order chi connectivity index (χ0) is 21.4. The third-order valence-electron chi connectivity index (χ3n) is 9.08. The van der Waals surface area contributed by atoms with Crippen molar-refractivity contribution in [2.24, 2.45) is 23.2 Å². The molecule has 0 amide bonds. The fourth-order valence-corrected chi connectivity index (χ4v) is 7.21. The van der Waals surface area contributed by atoms with Gasteiger partial charge in [0, 0.05) is 24.3 Å². The molecule has 168 valence electrons. The SMILES string of the molecule is C=C1CCC[C@]2(C)C[C@H]3OC(=O)[C@H](C[NH2+]C4CC[NH+](Cc5ccccc5)CC4)[C@H]3C[C@H]12. The number of rotatable bonds is 5. The maximum absolute atomic E-state index is 12.8. The van der Waals surface area contributed by atoms with Gasteiger partial charge in [0.15, 0.2) is 0 Å². The molecule has 2 aliphatic heterocycles. The van der Waals surface area contributed by atoms with E-state index in [0.717, 1.165) is 25.9 Å². The zero-order valence-corrected chi connectivity index (χ0v) is 19.2. The normalized spacial score (nSPS) is 40.2. The van der Waals surface area contributed by atoms with Crippen molar-refractivity contribution < 1.29 is 19.7 Å². The summed E-state index contributed by atoms with van der Waals surface area (Å²) in [6.45, 7) is 11.4. The summed E-state index contributed by atoms with van der Waals surface area (Å²) in [6.07, 6.45) is 8.49. The van der Waals surface area contributed by atoms with Crippen molar-refractivity contribution in [3.05, 3.63) is 48.0 Å². The second-order valence-electron chi connectivity index (χ2n) is 11.1. The number of benzene rings is 1. The van der Waals surface area contributed by atoms with Gasteiger partial charge in [0.05, 0.1) is 25.7 Å². The van der Waals surface area contributed by atoms with Crippen LogP contribution >= 0.6 is 0 Å². The van der Waals surface area contributed by atoms with E-state index in [-0.39, 0.29) is 18.0 Å². The first-order chi connectivity index (χ1) is 15.0. The minimum atomic E-state index is 0.0752. The lowest BCUT2D eigenvalue weighted by Gasteiger charge is -2.49. The van der Waals surface area contributed by atoms with Crippen molar-refractivity contribution in [2.75, 3.05) is 19.6 Å². The molecule has 0 spiro atoms. The van der Waals surface area contributed by atoms with E-state index in [0.29, 0.717) is 23.3 Å². The smallest absolute Gasteiger partial charge is 0.315 e. The fourth-order valence-electron chi connectivity index (χ4n) is 7.21. The Morgan fingerprint density at radius 1 is 1.23 bits per heavy atom. The molecule has 0 bridgehead atoms. The van der Waals surface area contributed by atoms with Gasteiger partial charge in [-0.25, -0.2) is 0 Å². The van der Waals surface area contributed by atoms with Crippen LogP contribution in [0.15, 0.2) is 42.5 Å². The number of carbonyl (C=O) groups excluding carboxylic acids is 1. The van der Waals surface area contributed by atoms with Crippen LogP contribution in [0.25, 0.3) is 0 Å². The Kier molecular flexibility index (Phi) is 5.96. The molecule has 0 radical (unpaired) electrons. The first-order valence-electron chi connectivity index (χ1n) is 12.6. The van der Waals surface area contributed by atoms with E-state index in [2.05, 4.69) is 49.2 Å². The Bertz CT molecular complexity index is 801. The van der Waals surface area contributed by atoms with Gasteiger partial charge in [-0.05, 0) is 43.4 Å². The predicted octanol–water partition coefficient (Wildman–Crippen LogP) is 2.11. The quantitative estimate of drug-likeness (QED) is 0.562. The number of carbonyl (C=O) groups is 1. The van der Waals surface area contributed by atoms with Crippen molar-refractivity contribution in [3.8, 4) is 0 Å². The van der Waals surface area contributed by atoms with Gasteiger partial charge < -0.3 is 15.0 Å². The minimum absolute atomic E-state index is 0.0752. The van der Waals surface area contributed by atoms with E-state index in [4.69, 9.17) is 4.74 Å². The average Bonchev–Trinajstić information content (AvgIpc) is 3.06. The van der Waals surface area contributed by atoms with E-state index in [1.807, 2.05) is 0 Å². The van der Waals surface area contributed by atoms with Gasteiger partial charge in [-0.2, -0.15) is 0 Å². The molecule has 5 atom stereocenters. The van der Waals surface area contributed by atoms with Gasteiger partial charge in [-0.15, -0.1) is 0 Å². The lowest BCUT2D eigenvalue weighted by Crippen LogP contribution is -3.13. The largest absolute Gasteiger partial charge is 0.462 e. The van der Waals surface area contributed by atoms with Gasteiger partial charge in [-0.1, -0.05) is 49.4 Å². The number of esters is 1. The van der Waals surface area contributed by atoms with Gasteiger partial charge >= 0.3 is 5.97 Å². The monoisotopic (exact) mass is 424 g/mol. The molecule has 4 nitrogen and oxygen atoms in total. The summed E-state index contributed by atoms with van der Waals surface area (Å²) in [5, 5.41) is 2.48. The molecule has 31 heavy (non-hydrogen) atoms. The molecular formula is C27H40N2O2+2. The van der Waals surface area contributed by atoms with Gasteiger partial charge in [0.1, 0.15) is 18.6 Å². The lowest BCUT2D eigenvalue weighted by molar-refractivity contribution is -0.926. The predicted molar refractivity (Wildman–Crippen MR) is 121 cm³/mol. The molecule has 2 saturated heterocycles.